The van der Waals surface area contributed by atoms with Gasteiger partial charge in [-0.3, -0.25) is 0 Å². The van der Waals surface area contributed by atoms with E-state index in [4.69, 9.17) is 5.73 Å². The lowest BCUT2D eigenvalue weighted by Gasteiger charge is -2.31. The summed E-state index contributed by atoms with van der Waals surface area (Å²) in [7, 11) is 1.97. The number of piperidine rings is 1. The fraction of sp³-hybridized carbons (Fsp3) is 0.667. The molecule has 1 aliphatic rings. The molecular formula is C12H22IN5. The Bertz CT molecular complexity index is 401. The molecule has 0 radical (unpaired) electrons. The summed E-state index contributed by atoms with van der Waals surface area (Å²) in [5, 5.41) is 0. The monoisotopic (exact) mass is 363 g/mol. The Hall–Kier alpha value is -0.790. The maximum absolute atomic E-state index is 6.02. The van der Waals surface area contributed by atoms with E-state index in [1.807, 2.05) is 17.8 Å². The Morgan fingerprint density at radius 2 is 2.39 bits per heavy atom. The Kier molecular flexibility index (Phi) is 5.90. The number of imidazole rings is 1. The first-order chi connectivity index (χ1) is 8.16. The second-order valence-electron chi connectivity index (χ2n) is 4.82. The molecule has 1 unspecified atom stereocenters. The summed E-state index contributed by atoms with van der Waals surface area (Å²) in [5.74, 6) is 2.31. The van der Waals surface area contributed by atoms with Crippen molar-refractivity contribution in [1.82, 2.24) is 14.5 Å². The number of hydrogen-bond acceptors (Lipinski definition) is 2. The van der Waals surface area contributed by atoms with E-state index in [0.29, 0.717) is 18.4 Å². The fourth-order valence-electron chi connectivity index (χ4n) is 2.20. The maximum atomic E-state index is 6.02. The van der Waals surface area contributed by atoms with Gasteiger partial charge in [-0.15, -0.1) is 24.0 Å². The molecule has 1 aromatic rings. The van der Waals surface area contributed by atoms with Gasteiger partial charge in [-0.05, 0) is 18.8 Å². The Labute approximate surface area is 125 Å². The lowest BCUT2D eigenvalue weighted by atomic mass is 10.0. The Morgan fingerprint density at radius 1 is 1.61 bits per heavy atom. The predicted octanol–water partition coefficient (Wildman–Crippen LogP) is 1.58. The van der Waals surface area contributed by atoms with Crippen LogP contribution in [0.1, 0.15) is 25.6 Å². The van der Waals surface area contributed by atoms with Gasteiger partial charge in [0, 0.05) is 32.5 Å². The van der Waals surface area contributed by atoms with Gasteiger partial charge in [0.1, 0.15) is 12.4 Å². The highest BCUT2D eigenvalue weighted by Gasteiger charge is 2.17. The van der Waals surface area contributed by atoms with Crippen molar-refractivity contribution in [3.63, 3.8) is 0 Å². The molecule has 6 heteroatoms. The van der Waals surface area contributed by atoms with E-state index in [1.165, 1.54) is 12.8 Å². The van der Waals surface area contributed by atoms with Gasteiger partial charge in [0.05, 0.1) is 0 Å². The molecule has 0 amide bonds. The van der Waals surface area contributed by atoms with Crippen LogP contribution in [0.15, 0.2) is 17.4 Å². The molecule has 0 saturated carbocycles. The minimum absolute atomic E-state index is 0. The van der Waals surface area contributed by atoms with Crippen molar-refractivity contribution in [2.75, 3.05) is 13.1 Å². The standard InChI is InChI=1S/C12H21N5.HI/c1-10-4-3-6-17(9-10)12(13)15-8-11-14-5-7-16(11)2;/h5,7,10H,3-4,6,8-9H2,1-2H3,(H2,13,15);1H. The van der Waals surface area contributed by atoms with Crippen LogP contribution >= 0.6 is 24.0 Å². The van der Waals surface area contributed by atoms with Crippen LogP contribution in [0.4, 0.5) is 0 Å². The van der Waals surface area contributed by atoms with Gasteiger partial charge in [-0.1, -0.05) is 6.92 Å². The quantitative estimate of drug-likeness (QED) is 0.493. The van der Waals surface area contributed by atoms with Gasteiger partial charge in [0.25, 0.3) is 0 Å². The van der Waals surface area contributed by atoms with E-state index in [9.17, 15) is 0 Å². The van der Waals surface area contributed by atoms with Crippen molar-refractivity contribution in [1.29, 1.82) is 0 Å². The summed E-state index contributed by atoms with van der Waals surface area (Å²) >= 11 is 0. The first kappa shape index (κ1) is 15.3. The molecule has 5 nitrogen and oxygen atoms in total. The van der Waals surface area contributed by atoms with Crippen molar-refractivity contribution < 1.29 is 0 Å². The number of likely N-dealkylation sites (tertiary alicyclic amines) is 1. The summed E-state index contributed by atoms with van der Waals surface area (Å²) in [4.78, 5) is 10.8. The number of rotatable bonds is 2. The normalized spacial score (nSPS) is 20.7. The highest BCUT2D eigenvalue weighted by Crippen LogP contribution is 2.14. The number of nitrogens with two attached hydrogens (primary N) is 1. The topological polar surface area (TPSA) is 59.4 Å². The lowest BCUT2D eigenvalue weighted by Crippen LogP contribution is -2.43. The first-order valence-corrected chi connectivity index (χ1v) is 6.18. The zero-order valence-corrected chi connectivity index (χ0v) is 13.4. The van der Waals surface area contributed by atoms with E-state index in [2.05, 4.69) is 21.8 Å². The van der Waals surface area contributed by atoms with Crippen LogP contribution in [0, 0.1) is 5.92 Å². The zero-order chi connectivity index (χ0) is 12.3. The molecule has 1 saturated heterocycles. The number of halogens is 1. The summed E-state index contributed by atoms with van der Waals surface area (Å²) in [6.45, 7) is 4.87. The van der Waals surface area contributed by atoms with Crippen molar-refractivity contribution in [2.24, 2.45) is 23.7 Å². The number of hydrogen-bond donors (Lipinski definition) is 1. The number of aliphatic imine (C=N–C) groups is 1. The third kappa shape index (κ3) is 3.86. The molecule has 0 aliphatic carbocycles. The van der Waals surface area contributed by atoms with Crippen LogP contribution < -0.4 is 5.73 Å². The van der Waals surface area contributed by atoms with Crippen molar-refractivity contribution in [2.45, 2.75) is 26.3 Å². The smallest absolute Gasteiger partial charge is 0.191 e. The van der Waals surface area contributed by atoms with Crippen LogP contribution in [0.25, 0.3) is 0 Å². The summed E-state index contributed by atoms with van der Waals surface area (Å²) in [5.41, 5.74) is 6.02. The minimum atomic E-state index is 0. The molecule has 0 aromatic carbocycles. The number of guanidine groups is 1. The number of aryl methyl sites for hydroxylation is 1. The molecule has 2 rings (SSSR count). The third-order valence-corrected chi connectivity index (χ3v) is 3.28. The third-order valence-electron chi connectivity index (χ3n) is 3.28. The van der Waals surface area contributed by atoms with Gasteiger partial charge in [0.15, 0.2) is 5.96 Å². The van der Waals surface area contributed by atoms with E-state index >= 15 is 0 Å². The van der Waals surface area contributed by atoms with Crippen LogP contribution in [0.3, 0.4) is 0 Å². The van der Waals surface area contributed by atoms with E-state index in [0.717, 1.165) is 18.9 Å². The molecule has 0 bridgehead atoms. The minimum Gasteiger partial charge on any atom is -0.370 e. The second-order valence-corrected chi connectivity index (χ2v) is 4.82. The maximum Gasteiger partial charge on any atom is 0.191 e. The van der Waals surface area contributed by atoms with Crippen LogP contribution in [0.5, 0.6) is 0 Å². The Balaban J connectivity index is 0.00000162. The average molecular weight is 363 g/mol. The zero-order valence-electron chi connectivity index (χ0n) is 11.0. The van der Waals surface area contributed by atoms with Gasteiger partial charge < -0.3 is 15.2 Å². The summed E-state index contributed by atoms with van der Waals surface area (Å²) in [6, 6.07) is 0. The molecule has 1 aromatic heterocycles. The average Bonchev–Trinajstić information content (AvgIpc) is 2.72. The molecule has 102 valence electrons. The second kappa shape index (κ2) is 6.96. The predicted molar refractivity (Wildman–Crippen MR) is 83.9 cm³/mol. The molecule has 0 spiro atoms. The summed E-state index contributed by atoms with van der Waals surface area (Å²) in [6.07, 6.45) is 6.21. The largest absolute Gasteiger partial charge is 0.370 e. The van der Waals surface area contributed by atoms with Crippen LogP contribution in [-0.4, -0.2) is 33.5 Å². The van der Waals surface area contributed by atoms with Crippen molar-refractivity contribution in [3.05, 3.63) is 18.2 Å². The number of nitrogens with zero attached hydrogens (tertiary/aromatic N) is 4. The molecule has 1 fully saturated rings. The van der Waals surface area contributed by atoms with Gasteiger partial charge >= 0.3 is 0 Å². The lowest BCUT2D eigenvalue weighted by molar-refractivity contribution is 0.270. The fourth-order valence-corrected chi connectivity index (χ4v) is 2.20. The van der Waals surface area contributed by atoms with Crippen molar-refractivity contribution in [3.8, 4) is 0 Å². The first-order valence-electron chi connectivity index (χ1n) is 6.18. The number of aromatic nitrogens is 2. The molecule has 2 N–H and O–H groups in total. The molecule has 2 heterocycles. The molecule has 1 atom stereocenters. The highest BCUT2D eigenvalue weighted by atomic mass is 127. The van der Waals surface area contributed by atoms with Gasteiger partial charge in [-0.25, -0.2) is 9.98 Å². The van der Waals surface area contributed by atoms with Crippen molar-refractivity contribution >= 4 is 29.9 Å². The van der Waals surface area contributed by atoms with E-state index < -0.39 is 0 Å². The van der Waals surface area contributed by atoms with Crippen LogP contribution in [0.2, 0.25) is 0 Å². The highest BCUT2D eigenvalue weighted by molar-refractivity contribution is 14.0. The molecule has 18 heavy (non-hydrogen) atoms. The van der Waals surface area contributed by atoms with Gasteiger partial charge in [0.2, 0.25) is 0 Å². The van der Waals surface area contributed by atoms with Gasteiger partial charge in [-0.2, -0.15) is 0 Å². The van der Waals surface area contributed by atoms with E-state index in [-0.39, 0.29) is 24.0 Å². The molecular weight excluding hydrogens is 341 g/mol. The molecule has 1 aliphatic heterocycles. The SMILES string of the molecule is CC1CCCN(C(N)=NCc2nccn2C)C1.I. The summed E-state index contributed by atoms with van der Waals surface area (Å²) < 4.78 is 1.97. The van der Waals surface area contributed by atoms with E-state index in [1.54, 1.807) is 6.20 Å². The Morgan fingerprint density at radius 3 is 3.00 bits per heavy atom. The van der Waals surface area contributed by atoms with Crippen LogP contribution in [-0.2, 0) is 13.6 Å².